The maximum absolute atomic E-state index is 12.5. The molecule has 3 aliphatic carbocycles. The number of hydrogen-bond acceptors (Lipinski definition) is 3. The predicted molar refractivity (Wildman–Crippen MR) is 90.1 cm³/mol. The summed E-state index contributed by atoms with van der Waals surface area (Å²) in [6.07, 6.45) is 6.92. The van der Waals surface area contributed by atoms with Gasteiger partial charge < -0.3 is 5.11 Å². The van der Waals surface area contributed by atoms with Crippen molar-refractivity contribution in [3.05, 3.63) is 11.6 Å². The van der Waals surface area contributed by atoms with Gasteiger partial charge in [-0.25, -0.2) is 9.78 Å². The van der Waals surface area contributed by atoms with Gasteiger partial charge in [-0.15, -0.1) is 0 Å². The molecule has 2 heterocycles. The van der Waals surface area contributed by atoms with E-state index in [1.807, 2.05) is 0 Å². The van der Waals surface area contributed by atoms with E-state index < -0.39 is 11.4 Å². The highest BCUT2D eigenvalue weighted by Gasteiger charge is 2.66. The number of carboxylic acid groups (broad SMARTS) is 1. The Morgan fingerprint density at radius 1 is 1.29 bits per heavy atom. The Bertz CT molecular complexity index is 582. The third-order valence-corrected chi connectivity index (χ3v) is 7.89. The standard InChI is InChI=1S/C20H30O4/c1-11(2)13-5-6-14-17-15-9-12(3)16(24-23-15)10-19(17,4)7-8-20(13,14)18(21)22/h9,11,13-17H,5-8,10H2,1-4H3,(H,21,22)/t13-,14+,15+,16+,17-,19+,20+/m1/s1. The molecular weight excluding hydrogens is 304 g/mol. The van der Waals surface area contributed by atoms with E-state index in [0.717, 1.165) is 32.1 Å². The lowest BCUT2D eigenvalue weighted by atomic mass is 9.49. The quantitative estimate of drug-likeness (QED) is 0.607. The van der Waals surface area contributed by atoms with E-state index in [4.69, 9.17) is 9.78 Å². The Morgan fingerprint density at radius 3 is 2.67 bits per heavy atom. The summed E-state index contributed by atoms with van der Waals surface area (Å²) < 4.78 is 0. The number of aliphatic carboxylic acids is 1. The van der Waals surface area contributed by atoms with Crippen LogP contribution in [0.25, 0.3) is 0 Å². The average molecular weight is 334 g/mol. The SMILES string of the molecule is CC1=C[C@@H]2OO[C@H]1C[C@]1(C)CC[C@]3(C(=O)O)[C@@H](C(C)C)CC[C@H]3[C@H]21. The molecule has 3 fully saturated rings. The van der Waals surface area contributed by atoms with E-state index >= 15 is 0 Å². The molecule has 0 unspecified atom stereocenters. The van der Waals surface area contributed by atoms with Crippen LogP contribution in [0.5, 0.6) is 0 Å². The van der Waals surface area contributed by atoms with Crippen LogP contribution >= 0.6 is 0 Å². The monoisotopic (exact) mass is 334 g/mol. The molecule has 24 heavy (non-hydrogen) atoms. The topological polar surface area (TPSA) is 55.8 Å². The summed E-state index contributed by atoms with van der Waals surface area (Å²) in [5, 5.41) is 10.3. The summed E-state index contributed by atoms with van der Waals surface area (Å²) in [5.74, 6) is 0.540. The summed E-state index contributed by atoms with van der Waals surface area (Å²) in [4.78, 5) is 24.0. The minimum absolute atomic E-state index is 0.0378. The van der Waals surface area contributed by atoms with E-state index in [-0.39, 0.29) is 35.4 Å². The smallest absolute Gasteiger partial charge is 0.310 e. The van der Waals surface area contributed by atoms with Crippen LogP contribution in [-0.2, 0) is 14.6 Å². The zero-order valence-electron chi connectivity index (χ0n) is 15.2. The largest absolute Gasteiger partial charge is 0.481 e. The molecule has 0 spiro atoms. The molecule has 0 aromatic heterocycles. The highest BCUT2D eigenvalue weighted by molar-refractivity contribution is 5.76. The van der Waals surface area contributed by atoms with Gasteiger partial charge in [-0.05, 0) is 67.8 Å². The van der Waals surface area contributed by atoms with E-state index in [9.17, 15) is 9.90 Å². The normalized spacial score (nSPS) is 50.2. The van der Waals surface area contributed by atoms with Crippen molar-refractivity contribution >= 4 is 5.97 Å². The molecule has 1 saturated heterocycles. The van der Waals surface area contributed by atoms with Gasteiger partial charge in [0, 0.05) is 5.92 Å². The van der Waals surface area contributed by atoms with Crippen LogP contribution in [-0.4, -0.2) is 23.3 Å². The van der Waals surface area contributed by atoms with Gasteiger partial charge in [0.1, 0.15) is 12.2 Å². The van der Waals surface area contributed by atoms with Crippen LogP contribution in [0.1, 0.15) is 59.8 Å². The maximum Gasteiger partial charge on any atom is 0.310 e. The summed E-state index contributed by atoms with van der Waals surface area (Å²) >= 11 is 0. The highest BCUT2D eigenvalue weighted by Crippen LogP contribution is 2.67. The predicted octanol–water partition coefficient (Wildman–Crippen LogP) is 4.20. The highest BCUT2D eigenvalue weighted by atomic mass is 17.2. The Kier molecular flexibility index (Phi) is 3.67. The van der Waals surface area contributed by atoms with Gasteiger partial charge in [-0.3, -0.25) is 4.79 Å². The van der Waals surface area contributed by atoms with Crippen molar-refractivity contribution in [2.75, 3.05) is 0 Å². The fourth-order valence-corrected chi connectivity index (χ4v) is 6.76. The van der Waals surface area contributed by atoms with Gasteiger partial charge in [-0.1, -0.05) is 26.8 Å². The molecule has 0 radical (unpaired) electrons. The molecule has 5 aliphatic rings. The Morgan fingerprint density at radius 2 is 2.04 bits per heavy atom. The van der Waals surface area contributed by atoms with Gasteiger partial charge in [0.2, 0.25) is 0 Å². The van der Waals surface area contributed by atoms with Crippen LogP contribution in [0.3, 0.4) is 0 Å². The molecule has 134 valence electrons. The fourth-order valence-electron chi connectivity index (χ4n) is 6.76. The number of carboxylic acids is 1. The molecule has 0 aromatic carbocycles. The first kappa shape index (κ1) is 16.6. The molecule has 4 nitrogen and oxygen atoms in total. The lowest BCUT2D eigenvalue weighted by Crippen LogP contribution is -2.55. The minimum atomic E-state index is -0.578. The zero-order chi connectivity index (χ0) is 17.3. The van der Waals surface area contributed by atoms with Crippen LogP contribution < -0.4 is 0 Å². The summed E-state index contributed by atoms with van der Waals surface area (Å²) in [6, 6.07) is 0. The van der Waals surface area contributed by atoms with Crippen LogP contribution in [0, 0.1) is 34.5 Å². The third kappa shape index (κ3) is 2.02. The molecule has 0 aromatic rings. The van der Waals surface area contributed by atoms with Gasteiger partial charge in [0.15, 0.2) is 0 Å². The first-order valence-electron chi connectivity index (χ1n) is 9.53. The summed E-state index contributed by atoms with van der Waals surface area (Å²) in [6.45, 7) is 8.84. The van der Waals surface area contributed by atoms with Gasteiger partial charge >= 0.3 is 5.97 Å². The molecular formula is C20H30O4. The Labute approximate surface area is 144 Å². The van der Waals surface area contributed by atoms with E-state index in [1.165, 1.54) is 5.57 Å². The summed E-state index contributed by atoms with van der Waals surface area (Å²) in [5.41, 5.74) is 0.780. The van der Waals surface area contributed by atoms with Crippen molar-refractivity contribution in [2.24, 2.45) is 34.5 Å². The Balaban J connectivity index is 1.80. The lowest BCUT2D eigenvalue weighted by molar-refractivity contribution is -0.344. The molecule has 2 saturated carbocycles. The van der Waals surface area contributed by atoms with Gasteiger partial charge in [0.05, 0.1) is 5.41 Å². The van der Waals surface area contributed by atoms with Crippen molar-refractivity contribution in [3.63, 3.8) is 0 Å². The van der Waals surface area contributed by atoms with Gasteiger partial charge in [0.25, 0.3) is 0 Å². The minimum Gasteiger partial charge on any atom is -0.481 e. The second kappa shape index (κ2) is 5.31. The van der Waals surface area contributed by atoms with Crippen LogP contribution in [0.2, 0.25) is 0 Å². The molecule has 5 rings (SSSR count). The van der Waals surface area contributed by atoms with E-state index in [0.29, 0.717) is 5.92 Å². The van der Waals surface area contributed by atoms with Crippen LogP contribution in [0.15, 0.2) is 11.6 Å². The third-order valence-electron chi connectivity index (χ3n) is 7.89. The number of carbonyl (C=O) groups is 1. The van der Waals surface area contributed by atoms with Crippen molar-refractivity contribution in [2.45, 2.75) is 72.0 Å². The molecule has 4 heteroatoms. The van der Waals surface area contributed by atoms with Crippen LogP contribution in [0.4, 0.5) is 0 Å². The van der Waals surface area contributed by atoms with Crippen molar-refractivity contribution in [3.8, 4) is 0 Å². The van der Waals surface area contributed by atoms with Gasteiger partial charge in [-0.2, -0.15) is 0 Å². The average Bonchev–Trinajstić information content (AvgIpc) is 2.78. The van der Waals surface area contributed by atoms with Crippen molar-refractivity contribution in [1.29, 1.82) is 0 Å². The fraction of sp³-hybridized carbons (Fsp3) is 0.850. The molecule has 2 bridgehead atoms. The van der Waals surface area contributed by atoms with Crippen molar-refractivity contribution in [1.82, 2.24) is 0 Å². The molecule has 1 N–H and O–H groups in total. The van der Waals surface area contributed by atoms with E-state index in [2.05, 4.69) is 33.8 Å². The zero-order valence-corrected chi connectivity index (χ0v) is 15.2. The molecule has 2 aliphatic heterocycles. The first-order valence-corrected chi connectivity index (χ1v) is 9.53. The molecule has 0 amide bonds. The number of fused-ring (bicyclic) bond motifs is 2. The second-order valence-electron chi connectivity index (χ2n) is 9.32. The van der Waals surface area contributed by atoms with E-state index in [1.54, 1.807) is 0 Å². The number of hydrogen-bond donors (Lipinski definition) is 1. The Hall–Kier alpha value is -0.870. The van der Waals surface area contributed by atoms with Crippen molar-refractivity contribution < 1.29 is 19.7 Å². The molecule has 7 atom stereocenters. The maximum atomic E-state index is 12.5. The second-order valence-corrected chi connectivity index (χ2v) is 9.32. The summed E-state index contributed by atoms with van der Waals surface area (Å²) in [7, 11) is 0. The number of rotatable bonds is 2. The first-order chi connectivity index (χ1) is 11.3. The lowest BCUT2D eigenvalue weighted by Gasteiger charge is -2.53.